The Kier molecular flexibility index (Phi) is 5.44. The molecule has 1 aliphatic rings. The quantitative estimate of drug-likeness (QED) is 0.876. The van der Waals surface area contributed by atoms with Crippen LogP contribution < -0.4 is 5.32 Å². The van der Waals surface area contributed by atoms with Gasteiger partial charge < -0.3 is 5.32 Å². The van der Waals surface area contributed by atoms with Crippen molar-refractivity contribution in [1.29, 1.82) is 0 Å². The highest BCUT2D eigenvalue weighted by atomic mass is 32.2. The lowest BCUT2D eigenvalue weighted by Gasteiger charge is -2.24. The molecule has 6 heteroatoms. The lowest BCUT2D eigenvalue weighted by atomic mass is 9.99. The van der Waals surface area contributed by atoms with E-state index in [1.165, 1.54) is 11.6 Å². The standard InChI is InChI=1S/C20H24N2O3S/c1-15(22-13-12-17(14-22)16-8-4-3-5-9-16)20(23)21-18-10-6-7-11-19(18)26(2,24)25/h3-11,15,17H,12-14H2,1-2H3,(H,21,23)/t15-,17-/m1/s1. The summed E-state index contributed by atoms with van der Waals surface area (Å²) in [5, 5.41) is 2.79. The summed E-state index contributed by atoms with van der Waals surface area (Å²) in [7, 11) is -3.40. The number of nitrogens with zero attached hydrogens (tertiary/aromatic N) is 1. The maximum atomic E-state index is 12.7. The molecule has 1 heterocycles. The normalized spacial score (nSPS) is 19.2. The van der Waals surface area contributed by atoms with Crippen molar-refractivity contribution in [3.63, 3.8) is 0 Å². The number of hydrogen-bond acceptors (Lipinski definition) is 4. The number of carbonyl (C=O) groups excluding carboxylic acids is 1. The summed E-state index contributed by atoms with van der Waals surface area (Å²) >= 11 is 0. The molecule has 26 heavy (non-hydrogen) atoms. The van der Waals surface area contributed by atoms with Crippen molar-refractivity contribution in [3.05, 3.63) is 60.2 Å². The SMILES string of the molecule is C[C@H](C(=O)Nc1ccccc1S(C)(=O)=O)N1CC[C@@H](c2ccccc2)C1. The van der Waals surface area contributed by atoms with Gasteiger partial charge in [-0.25, -0.2) is 8.42 Å². The minimum absolute atomic E-state index is 0.143. The van der Waals surface area contributed by atoms with Crippen LogP contribution in [0.3, 0.4) is 0 Å². The molecule has 1 saturated heterocycles. The first-order valence-corrected chi connectivity index (χ1v) is 10.6. The number of anilines is 1. The molecule has 5 nitrogen and oxygen atoms in total. The average Bonchev–Trinajstić information content (AvgIpc) is 3.11. The van der Waals surface area contributed by atoms with E-state index in [0.717, 1.165) is 25.8 Å². The fourth-order valence-electron chi connectivity index (χ4n) is 3.43. The maximum Gasteiger partial charge on any atom is 0.241 e. The fraction of sp³-hybridized carbons (Fsp3) is 0.350. The van der Waals surface area contributed by atoms with Gasteiger partial charge in [0.1, 0.15) is 0 Å². The van der Waals surface area contributed by atoms with Gasteiger partial charge in [-0.15, -0.1) is 0 Å². The number of hydrogen-bond donors (Lipinski definition) is 1. The Labute approximate surface area is 154 Å². The smallest absolute Gasteiger partial charge is 0.241 e. The van der Waals surface area contributed by atoms with Gasteiger partial charge in [-0.05, 0) is 43.5 Å². The fourth-order valence-corrected chi connectivity index (χ4v) is 4.28. The van der Waals surface area contributed by atoms with Crippen molar-refractivity contribution in [1.82, 2.24) is 4.90 Å². The number of sulfone groups is 1. The van der Waals surface area contributed by atoms with Crippen molar-refractivity contribution in [3.8, 4) is 0 Å². The molecule has 0 aliphatic carbocycles. The molecule has 2 atom stereocenters. The molecule has 1 fully saturated rings. The van der Waals surface area contributed by atoms with Crippen molar-refractivity contribution in [2.45, 2.75) is 30.2 Å². The number of carbonyl (C=O) groups is 1. The minimum Gasteiger partial charge on any atom is -0.324 e. The van der Waals surface area contributed by atoms with E-state index in [9.17, 15) is 13.2 Å². The summed E-state index contributed by atoms with van der Waals surface area (Å²) in [5.41, 5.74) is 1.63. The molecule has 1 N–H and O–H groups in total. The molecule has 138 valence electrons. The molecule has 2 aromatic carbocycles. The molecule has 0 unspecified atom stereocenters. The van der Waals surface area contributed by atoms with Crippen LogP contribution in [0.1, 0.15) is 24.8 Å². The summed E-state index contributed by atoms with van der Waals surface area (Å²) in [5.74, 6) is 0.240. The lowest BCUT2D eigenvalue weighted by molar-refractivity contribution is -0.120. The van der Waals surface area contributed by atoms with Gasteiger partial charge in [-0.1, -0.05) is 42.5 Å². The number of para-hydroxylation sites is 1. The van der Waals surface area contributed by atoms with E-state index >= 15 is 0 Å². The van der Waals surface area contributed by atoms with E-state index in [4.69, 9.17) is 0 Å². The molecular weight excluding hydrogens is 348 g/mol. The van der Waals surface area contributed by atoms with Gasteiger partial charge >= 0.3 is 0 Å². The average molecular weight is 372 g/mol. The zero-order chi connectivity index (χ0) is 18.7. The second kappa shape index (κ2) is 7.60. The van der Waals surface area contributed by atoms with Crippen LogP contribution in [0.25, 0.3) is 0 Å². The van der Waals surface area contributed by atoms with Gasteiger partial charge in [0.05, 0.1) is 16.6 Å². The van der Waals surface area contributed by atoms with Crippen LogP contribution in [0.15, 0.2) is 59.5 Å². The van der Waals surface area contributed by atoms with E-state index < -0.39 is 9.84 Å². The van der Waals surface area contributed by atoms with E-state index in [2.05, 4.69) is 22.3 Å². The summed E-state index contributed by atoms with van der Waals surface area (Å²) < 4.78 is 23.8. The van der Waals surface area contributed by atoms with Crippen LogP contribution in [0.5, 0.6) is 0 Å². The molecule has 2 aromatic rings. The largest absolute Gasteiger partial charge is 0.324 e. The predicted octanol–water partition coefficient (Wildman–Crippen LogP) is 2.91. The second-order valence-electron chi connectivity index (χ2n) is 6.82. The van der Waals surface area contributed by atoms with Crippen molar-refractivity contribution < 1.29 is 13.2 Å². The summed E-state index contributed by atoms with van der Waals surface area (Å²) in [6.07, 6.45) is 2.16. The minimum atomic E-state index is -3.40. The Bertz CT molecular complexity index is 881. The van der Waals surface area contributed by atoms with Crippen LogP contribution in [-0.2, 0) is 14.6 Å². The molecule has 0 bridgehead atoms. The first kappa shape index (κ1) is 18.6. The van der Waals surface area contributed by atoms with Crippen molar-refractivity contribution >= 4 is 21.4 Å². The molecule has 0 radical (unpaired) electrons. The summed E-state index contributed by atoms with van der Waals surface area (Å²) in [6.45, 7) is 3.54. The lowest BCUT2D eigenvalue weighted by Crippen LogP contribution is -2.40. The first-order chi connectivity index (χ1) is 12.4. The molecule has 0 aromatic heterocycles. The third kappa shape index (κ3) is 4.14. The van der Waals surface area contributed by atoms with Gasteiger partial charge in [0.2, 0.25) is 5.91 Å². The number of benzene rings is 2. The third-order valence-electron chi connectivity index (χ3n) is 4.96. The van der Waals surface area contributed by atoms with Gasteiger partial charge in [-0.2, -0.15) is 0 Å². The zero-order valence-corrected chi connectivity index (χ0v) is 15.9. The number of likely N-dealkylation sites (tertiary alicyclic amines) is 1. The Hall–Kier alpha value is -2.18. The van der Waals surface area contributed by atoms with Crippen molar-refractivity contribution in [2.75, 3.05) is 24.7 Å². The highest BCUT2D eigenvalue weighted by molar-refractivity contribution is 7.90. The topological polar surface area (TPSA) is 66.5 Å². The maximum absolute atomic E-state index is 12.7. The van der Waals surface area contributed by atoms with E-state index in [1.54, 1.807) is 18.2 Å². The zero-order valence-electron chi connectivity index (χ0n) is 15.1. The third-order valence-corrected chi connectivity index (χ3v) is 6.12. The van der Waals surface area contributed by atoms with Crippen LogP contribution in [0, 0.1) is 0 Å². The number of nitrogens with one attached hydrogen (secondary N) is 1. The monoisotopic (exact) mass is 372 g/mol. The van der Waals surface area contributed by atoms with Gasteiger partial charge in [0.25, 0.3) is 0 Å². The Morgan fingerprint density at radius 2 is 1.77 bits per heavy atom. The highest BCUT2D eigenvalue weighted by Crippen LogP contribution is 2.29. The Balaban J connectivity index is 1.68. The summed E-state index contributed by atoms with van der Waals surface area (Å²) in [4.78, 5) is 15.0. The van der Waals surface area contributed by atoms with Crippen LogP contribution in [-0.4, -0.2) is 44.6 Å². The second-order valence-corrected chi connectivity index (χ2v) is 8.81. The molecular formula is C20H24N2O3S. The van der Waals surface area contributed by atoms with E-state index in [-0.39, 0.29) is 16.8 Å². The van der Waals surface area contributed by atoms with Gasteiger partial charge in [-0.3, -0.25) is 9.69 Å². The van der Waals surface area contributed by atoms with E-state index in [1.807, 2.05) is 25.1 Å². The van der Waals surface area contributed by atoms with Gasteiger partial charge in [0, 0.05) is 12.8 Å². The molecule has 3 rings (SSSR count). The van der Waals surface area contributed by atoms with E-state index in [0.29, 0.717) is 11.6 Å². The van der Waals surface area contributed by atoms with Crippen LogP contribution >= 0.6 is 0 Å². The molecule has 1 aliphatic heterocycles. The highest BCUT2D eigenvalue weighted by Gasteiger charge is 2.30. The van der Waals surface area contributed by atoms with Crippen LogP contribution in [0.4, 0.5) is 5.69 Å². The molecule has 0 spiro atoms. The Morgan fingerprint density at radius 3 is 2.46 bits per heavy atom. The van der Waals surface area contributed by atoms with Crippen molar-refractivity contribution in [2.24, 2.45) is 0 Å². The molecule has 1 amide bonds. The summed E-state index contributed by atoms with van der Waals surface area (Å²) in [6, 6.07) is 16.5. The molecule has 0 saturated carbocycles. The Morgan fingerprint density at radius 1 is 1.12 bits per heavy atom. The van der Waals surface area contributed by atoms with Gasteiger partial charge in [0.15, 0.2) is 9.84 Å². The van der Waals surface area contributed by atoms with Crippen LogP contribution in [0.2, 0.25) is 0 Å². The number of amides is 1. The predicted molar refractivity (Wildman–Crippen MR) is 103 cm³/mol. The number of rotatable bonds is 5. The first-order valence-electron chi connectivity index (χ1n) is 8.75.